The number of hydrogen-bond donors (Lipinski definition) is 17. The number of hydrogen-bond acceptors (Lipinski definition) is 16. The molecule has 2 aromatic heterocycles. The summed E-state index contributed by atoms with van der Waals surface area (Å²) in [6, 6.07) is -7.29. The molecule has 0 saturated carbocycles. The van der Waals surface area contributed by atoms with Gasteiger partial charge in [-0.1, -0.05) is 32.0 Å². The van der Waals surface area contributed by atoms with Gasteiger partial charge in [0.25, 0.3) is 0 Å². The van der Waals surface area contributed by atoms with Gasteiger partial charge in [0.2, 0.25) is 53.2 Å². The Labute approximate surface area is 481 Å². The van der Waals surface area contributed by atoms with Gasteiger partial charge in [-0.3, -0.25) is 57.7 Å². The highest BCUT2D eigenvalue weighted by Crippen LogP contribution is 2.22. The third-order valence-corrected chi connectivity index (χ3v) is 13.5. The Bertz CT molecular complexity index is 2850. The molecule has 32 nitrogen and oxygen atoms in total. The molecule has 1 saturated heterocycles. The number of para-hydroxylation sites is 1. The second-order valence-corrected chi connectivity index (χ2v) is 20.7. The number of carbonyl (C=O) groups excluding carboxylic acids is 9. The lowest BCUT2D eigenvalue weighted by molar-refractivity contribution is -0.143. The van der Waals surface area contributed by atoms with Crippen molar-refractivity contribution < 1.29 is 78.0 Å². The summed E-state index contributed by atoms with van der Waals surface area (Å²) in [5.74, 6) is -13.9. The number of carboxylic acid groups (broad SMARTS) is 3. The van der Waals surface area contributed by atoms with E-state index in [0.29, 0.717) is 16.5 Å². The van der Waals surface area contributed by atoms with Crippen molar-refractivity contribution >= 4 is 87.9 Å². The number of H-pyrrole nitrogens is 2. The second-order valence-electron chi connectivity index (χ2n) is 20.7. The van der Waals surface area contributed by atoms with Crippen LogP contribution in [0.15, 0.2) is 48.0 Å². The van der Waals surface area contributed by atoms with E-state index in [2.05, 4.69) is 57.2 Å². The first-order valence-electron chi connectivity index (χ1n) is 27.0. The molecule has 10 atom stereocenters. The minimum Gasteiger partial charge on any atom is -0.481 e. The maximum absolute atomic E-state index is 14.4. The zero-order valence-electron chi connectivity index (χ0n) is 46.6. The van der Waals surface area contributed by atoms with Crippen LogP contribution >= 0.6 is 0 Å². The molecular formula is C52H76N16O16. The molecule has 32 heteroatoms. The standard InChI is InChI=1S/C52H76N16O16/c1-25(2)18-37(51(83)84)66-49(81)42(26(3)69)67-47(79)34(19-27-22-59-31-10-5-4-8-29(27)31)63-44(76)32(12-14-40(71)72)61-46(78)36(21-39(54)70)64-45(77)35(20-28-23-57-24-60-28)65-48(80)38-11-7-17-68(38)50(82)33(13-15-41(73)74)62-43(75)30(53)9-6-16-58-52(55)56/h4-5,8,10,22-26,30,32-38,42,59,69H,6-7,9,11-21,53H2,1-3H3,(H2,54,70)(H,57,60)(H,61,78)(H,62,75)(H,63,76)(H,64,77)(H,65,80)(H,66,81)(H,67,79)(H,71,72)(H,73,74)(H,83,84)(H4,55,56,58)/t26-,30+,32+,33+,34+,35+,36+,37+,38+,42+/m1/s1. The van der Waals surface area contributed by atoms with Crippen LogP contribution in [0.3, 0.4) is 0 Å². The van der Waals surface area contributed by atoms with Gasteiger partial charge in [-0.25, -0.2) is 9.78 Å². The van der Waals surface area contributed by atoms with Crippen LogP contribution in [0.1, 0.15) is 96.2 Å². The van der Waals surface area contributed by atoms with E-state index in [4.69, 9.17) is 22.9 Å². The summed E-state index contributed by atoms with van der Waals surface area (Å²) in [7, 11) is 0. The third-order valence-electron chi connectivity index (χ3n) is 13.5. The molecule has 0 radical (unpaired) electrons. The average molecular weight is 1180 g/mol. The lowest BCUT2D eigenvalue weighted by atomic mass is 10.0. The van der Waals surface area contributed by atoms with Crippen molar-refractivity contribution in [3.63, 3.8) is 0 Å². The van der Waals surface area contributed by atoms with E-state index in [1.54, 1.807) is 38.1 Å². The van der Waals surface area contributed by atoms with Crippen molar-refractivity contribution in [1.29, 1.82) is 0 Å². The van der Waals surface area contributed by atoms with Gasteiger partial charge in [-0.05, 0) is 69.4 Å². The number of nitrogens with zero attached hydrogens (tertiary/aromatic N) is 3. The SMILES string of the molecule is CC(C)C[C@H](NC(=O)[C@@H](NC(=O)[C@H](Cc1c[nH]c2ccccc12)NC(=O)[C@H](CCC(=O)O)NC(=O)[C@H](CC(N)=O)NC(=O)[C@H](Cc1cnc[nH]1)NC(=O)[C@@H]1CCCN1C(=O)[C@H](CCC(=O)O)NC(=O)[C@@H](N)CCCN=C(N)N)[C@@H](C)O)C(=O)O. The molecular weight excluding hydrogens is 1100 g/mol. The summed E-state index contributed by atoms with van der Waals surface area (Å²) in [4.78, 5) is 175. The molecule has 84 heavy (non-hydrogen) atoms. The van der Waals surface area contributed by atoms with Gasteiger partial charge in [0.05, 0.1) is 24.9 Å². The number of amides is 9. The third kappa shape index (κ3) is 21.3. The van der Waals surface area contributed by atoms with E-state index >= 15 is 0 Å². The van der Waals surface area contributed by atoms with E-state index in [1.165, 1.54) is 18.7 Å². The van der Waals surface area contributed by atoms with Crippen LogP contribution in [0.5, 0.6) is 0 Å². The molecule has 0 spiro atoms. The van der Waals surface area contributed by atoms with Crippen molar-refractivity contribution in [2.75, 3.05) is 13.1 Å². The highest BCUT2D eigenvalue weighted by molar-refractivity contribution is 6.00. The number of nitrogens with one attached hydrogen (secondary N) is 9. The fourth-order valence-electron chi connectivity index (χ4n) is 9.16. The molecule has 9 amide bonds. The van der Waals surface area contributed by atoms with Gasteiger partial charge in [-0.2, -0.15) is 0 Å². The first-order valence-corrected chi connectivity index (χ1v) is 27.0. The molecule has 1 fully saturated rings. The Morgan fingerprint density at radius 2 is 1.29 bits per heavy atom. The predicted molar refractivity (Wildman–Crippen MR) is 297 cm³/mol. The Kier molecular flexibility index (Phi) is 26.0. The van der Waals surface area contributed by atoms with Crippen molar-refractivity contribution in [3.8, 4) is 0 Å². The number of carboxylic acids is 3. The quantitative estimate of drug-likeness (QED) is 0.0150. The summed E-state index contributed by atoms with van der Waals surface area (Å²) in [6.07, 6.45) is -0.824. The number of likely N-dealkylation sites (tertiary alicyclic amines) is 1. The topological polar surface area (TPSA) is 534 Å². The van der Waals surface area contributed by atoms with Gasteiger partial charge < -0.3 is 95.4 Å². The largest absolute Gasteiger partial charge is 0.481 e. The molecule has 0 unspecified atom stereocenters. The number of nitrogens with two attached hydrogens (primary N) is 4. The summed E-state index contributed by atoms with van der Waals surface area (Å²) >= 11 is 0. The number of imidazole rings is 1. The van der Waals surface area contributed by atoms with E-state index in [9.17, 15) is 78.0 Å². The van der Waals surface area contributed by atoms with Crippen LogP contribution in [0, 0.1) is 5.92 Å². The normalized spacial score (nSPS) is 16.2. The smallest absolute Gasteiger partial charge is 0.326 e. The summed E-state index contributed by atoms with van der Waals surface area (Å²) < 4.78 is 0. The summed E-state index contributed by atoms with van der Waals surface area (Å²) in [5.41, 5.74) is 23.6. The molecule has 3 aromatic rings. The zero-order valence-corrected chi connectivity index (χ0v) is 46.6. The molecule has 4 rings (SSSR count). The maximum Gasteiger partial charge on any atom is 0.326 e. The Morgan fingerprint density at radius 3 is 1.89 bits per heavy atom. The lowest BCUT2D eigenvalue weighted by Crippen LogP contribution is -2.61. The monoisotopic (exact) mass is 1180 g/mol. The molecule has 0 bridgehead atoms. The van der Waals surface area contributed by atoms with Crippen molar-refractivity contribution in [2.45, 2.75) is 158 Å². The van der Waals surface area contributed by atoms with Gasteiger partial charge >= 0.3 is 17.9 Å². The minimum absolute atomic E-state index is 0.00690. The van der Waals surface area contributed by atoms with Crippen LogP contribution in [0.2, 0.25) is 0 Å². The second kappa shape index (κ2) is 32.4. The number of carbonyl (C=O) groups is 12. The van der Waals surface area contributed by atoms with Crippen LogP contribution in [0.25, 0.3) is 10.9 Å². The average Bonchev–Trinajstić information content (AvgIpc) is 4.35. The van der Waals surface area contributed by atoms with Crippen molar-refractivity contribution in [3.05, 3.63) is 54.2 Å². The number of primary amides is 1. The number of aliphatic hydroxyl groups is 1. The van der Waals surface area contributed by atoms with Crippen LogP contribution in [-0.4, -0.2) is 191 Å². The number of guanidine groups is 1. The Hall–Kier alpha value is -9.20. The van der Waals surface area contributed by atoms with Crippen LogP contribution < -0.4 is 60.2 Å². The molecule has 1 aromatic carbocycles. The number of rotatable bonds is 35. The fraction of sp³-hybridized carbons (Fsp3) is 0.538. The molecule has 3 heterocycles. The molecule has 460 valence electrons. The maximum atomic E-state index is 14.4. The molecule has 1 aliphatic heterocycles. The number of aromatic amines is 2. The molecule has 0 aliphatic carbocycles. The number of aliphatic hydroxyl groups excluding tert-OH is 1. The number of benzene rings is 1. The summed E-state index contributed by atoms with van der Waals surface area (Å²) in [5, 5.41) is 57.1. The van der Waals surface area contributed by atoms with Crippen molar-refractivity contribution in [1.82, 2.24) is 57.1 Å². The number of aromatic nitrogens is 3. The predicted octanol–water partition coefficient (Wildman–Crippen LogP) is -4.44. The highest BCUT2D eigenvalue weighted by Gasteiger charge is 2.41. The van der Waals surface area contributed by atoms with Gasteiger partial charge in [0, 0.05) is 67.8 Å². The van der Waals surface area contributed by atoms with Crippen LogP contribution in [-0.2, 0) is 70.4 Å². The van der Waals surface area contributed by atoms with Gasteiger partial charge in [0.15, 0.2) is 5.96 Å². The lowest BCUT2D eigenvalue weighted by Gasteiger charge is -2.30. The van der Waals surface area contributed by atoms with E-state index < -0.39 is 157 Å². The Balaban J connectivity index is 1.60. The minimum atomic E-state index is -1.93. The highest BCUT2D eigenvalue weighted by atomic mass is 16.4. The molecule has 21 N–H and O–H groups in total. The summed E-state index contributed by atoms with van der Waals surface area (Å²) in [6.45, 7) is 4.71. The zero-order chi connectivity index (χ0) is 62.4. The first-order chi connectivity index (χ1) is 39.6. The number of aliphatic carboxylic acids is 3. The van der Waals surface area contributed by atoms with E-state index in [1.807, 2.05) is 0 Å². The van der Waals surface area contributed by atoms with Gasteiger partial charge in [-0.15, -0.1) is 0 Å². The fourth-order valence-corrected chi connectivity index (χ4v) is 9.16. The number of fused-ring (bicyclic) bond motifs is 1. The van der Waals surface area contributed by atoms with E-state index in [0.717, 1.165) is 11.8 Å². The van der Waals surface area contributed by atoms with Crippen molar-refractivity contribution in [2.24, 2.45) is 33.8 Å². The molecule has 1 aliphatic rings. The Morgan fingerprint density at radius 1 is 0.702 bits per heavy atom. The van der Waals surface area contributed by atoms with E-state index in [-0.39, 0.29) is 82.0 Å². The number of aliphatic imine (C=N–C) groups is 1. The first kappa shape index (κ1) is 67.3. The van der Waals surface area contributed by atoms with Gasteiger partial charge in [0.1, 0.15) is 48.3 Å². The van der Waals surface area contributed by atoms with Crippen LogP contribution in [0.4, 0.5) is 0 Å².